The van der Waals surface area contributed by atoms with Crippen molar-refractivity contribution in [3.05, 3.63) is 0 Å². The van der Waals surface area contributed by atoms with E-state index in [1.54, 1.807) is 7.11 Å². The molecule has 0 aromatic rings. The Bertz CT molecular complexity index is 349. The first-order chi connectivity index (χ1) is 11.8. The third-order valence-corrected chi connectivity index (χ3v) is 5.35. The van der Waals surface area contributed by atoms with Crippen LogP contribution in [0.5, 0.6) is 0 Å². The fourth-order valence-corrected chi connectivity index (χ4v) is 3.91. The highest BCUT2D eigenvalue weighted by molar-refractivity contribution is 5.79. The van der Waals surface area contributed by atoms with Crippen molar-refractivity contribution in [3.63, 3.8) is 0 Å². The van der Waals surface area contributed by atoms with E-state index in [1.165, 1.54) is 38.5 Å². The summed E-state index contributed by atoms with van der Waals surface area (Å²) < 4.78 is 11.0. The second-order valence-corrected chi connectivity index (χ2v) is 7.17. The first kappa shape index (κ1) is 19.5. The minimum atomic E-state index is 0.401. The average Bonchev–Trinajstić information content (AvgIpc) is 3.13. The van der Waals surface area contributed by atoms with Gasteiger partial charge in [0.2, 0.25) is 0 Å². The first-order valence-corrected chi connectivity index (χ1v) is 9.89. The SMILES string of the molecule is CN=C(NCCCC1CCCC1)N1CCC(OCCCOC)CC1. The minimum Gasteiger partial charge on any atom is -0.385 e. The molecule has 0 spiro atoms. The Kier molecular flexibility index (Phi) is 9.51. The fraction of sp³-hybridized carbons (Fsp3) is 0.947. The number of guanidine groups is 1. The van der Waals surface area contributed by atoms with Crippen LogP contribution in [0.1, 0.15) is 57.8 Å². The van der Waals surface area contributed by atoms with Crippen LogP contribution in [-0.4, -0.2) is 64.0 Å². The predicted molar refractivity (Wildman–Crippen MR) is 99.6 cm³/mol. The Morgan fingerprint density at radius 3 is 2.50 bits per heavy atom. The van der Waals surface area contributed by atoms with Crippen LogP contribution < -0.4 is 5.32 Å². The summed E-state index contributed by atoms with van der Waals surface area (Å²) in [5.74, 6) is 2.05. The summed E-state index contributed by atoms with van der Waals surface area (Å²) >= 11 is 0. The lowest BCUT2D eigenvalue weighted by atomic mass is 10.0. The van der Waals surface area contributed by atoms with Crippen LogP contribution in [0.15, 0.2) is 4.99 Å². The van der Waals surface area contributed by atoms with E-state index in [0.29, 0.717) is 6.10 Å². The molecule has 1 aliphatic carbocycles. The number of hydrogen-bond acceptors (Lipinski definition) is 3. The molecule has 0 aromatic heterocycles. The van der Waals surface area contributed by atoms with Gasteiger partial charge in [-0.2, -0.15) is 0 Å². The van der Waals surface area contributed by atoms with Crippen molar-refractivity contribution in [3.8, 4) is 0 Å². The lowest BCUT2D eigenvalue weighted by molar-refractivity contribution is 0.00991. The van der Waals surface area contributed by atoms with Crippen molar-refractivity contribution in [1.82, 2.24) is 10.2 Å². The lowest BCUT2D eigenvalue weighted by Gasteiger charge is -2.34. The number of piperidine rings is 1. The summed E-state index contributed by atoms with van der Waals surface area (Å²) in [7, 11) is 3.64. The van der Waals surface area contributed by atoms with Gasteiger partial charge in [0.15, 0.2) is 5.96 Å². The van der Waals surface area contributed by atoms with Crippen molar-refractivity contribution >= 4 is 5.96 Å². The van der Waals surface area contributed by atoms with Crippen LogP contribution in [0, 0.1) is 5.92 Å². The zero-order valence-electron chi connectivity index (χ0n) is 15.8. The van der Waals surface area contributed by atoms with Gasteiger partial charge in [-0.1, -0.05) is 25.7 Å². The first-order valence-electron chi connectivity index (χ1n) is 9.89. The molecule has 0 bridgehead atoms. The number of hydrogen-bond donors (Lipinski definition) is 1. The average molecular weight is 340 g/mol. The third-order valence-electron chi connectivity index (χ3n) is 5.35. The Balaban J connectivity index is 1.56. The highest BCUT2D eigenvalue weighted by Crippen LogP contribution is 2.28. The second-order valence-electron chi connectivity index (χ2n) is 7.17. The van der Waals surface area contributed by atoms with Crippen LogP contribution in [0.25, 0.3) is 0 Å². The number of likely N-dealkylation sites (tertiary alicyclic amines) is 1. The van der Waals surface area contributed by atoms with Gasteiger partial charge in [-0.3, -0.25) is 4.99 Å². The monoisotopic (exact) mass is 339 g/mol. The second kappa shape index (κ2) is 11.7. The summed E-state index contributed by atoms with van der Waals surface area (Å²) in [4.78, 5) is 6.85. The highest BCUT2D eigenvalue weighted by atomic mass is 16.5. The number of aliphatic imine (C=N–C) groups is 1. The molecule has 0 amide bonds. The molecule has 5 nitrogen and oxygen atoms in total. The van der Waals surface area contributed by atoms with Crippen LogP contribution in [0.4, 0.5) is 0 Å². The molecule has 2 aliphatic rings. The third kappa shape index (κ3) is 6.98. The van der Waals surface area contributed by atoms with Gasteiger partial charge in [-0.05, 0) is 38.0 Å². The number of methoxy groups -OCH3 is 1. The largest absolute Gasteiger partial charge is 0.385 e. The molecule has 1 heterocycles. The van der Waals surface area contributed by atoms with Gasteiger partial charge in [-0.15, -0.1) is 0 Å². The van der Waals surface area contributed by atoms with Crippen LogP contribution in [0.2, 0.25) is 0 Å². The Labute approximate surface area is 148 Å². The number of nitrogens with zero attached hydrogens (tertiary/aromatic N) is 2. The molecule has 5 heteroatoms. The molecular formula is C19H37N3O2. The number of nitrogens with one attached hydrogen (secondary N) is 1. The molecule has 0 atom stereocenters. The number of rotatable bonds is 9. The summed E-state index contributed by atoms with van der Waals surface area (Å²) in [5, 5.41) is 3.56. The van der Waals surface area contributed by atoms with E-state index in [-0.39, 0.29) is 0 Å². The Hall–Kier alpha value is -0.810. The topological polar surface area (TPSA) is 46.1 Å². The highest BCUT2D eigenvalue weighted by Gasteiger charge is 2.21. The van der Waals surface area contributed by atoms with Gasteiger partial charge in [0.05, 0.1) is 6.10 Å². The lowest BCUT2D eigenvalue weighted by Crippen LogP contribution is -2.47. The van der Waals surface area contributed by atoms with Crippen molar-refractivity contribution in [2.45, 2.75) is 63.9 Å². The maximum atomic E-state index is 5.94. The summed E-state index contributed by atoms with van der Waals surface area (Å²) in [6.45, 7) is 4.73. The molecule has 1 N–H and O–H groups in total. The fourth-order valence-electron chi connectivity index (χ4n) is 3.91. The van der Waals surface area contributed by atoms with Crippen molar-refractivity contribution < 1.29 is 9.47 Å². The quantitative estimate of drug-likeness (QED) is 0.398. The number of ether oxygens (including phenoxy) is 2. The molecule has 140 valence electrons. The zero-order valence-corrected chi connectivity index (χ0v) is 15.8. The van der Waals surface area contributed by atoms with Crippen molar-refractivity contribution in [1.29, 1.82) is 0 Å². The zero-order chi connectivity index (χ0) is 17.0. The molecule has 0 unspecified atom stereocenters. The van der Waals surface area contributed by atoms with Gasteiger partial charge >= 0.3 is 0 Å². The molecule has 1 aliphatic heterocycles. The standard InChI is InChI=1S/C19H37N3O2/c1-20-19(21-12-5-9-17-7-3-4-8-17)22-13-10-18(11-14-22)24-16-6-15-23-2/h17-18H,3-16H2,1-2H3,(H,20,21). The van der Waals surface area contributed by atoms with E-state index in [0.717, 1.165) is 64.0 Å². The van der Waals surface area contributed by atoms with Crippen LogP contribution >= 0.6 is 0 Å². The summed E-state index contributed by atoms with van der Waals surface area (Å²) in [5.41, 5.74) is 0. The van der Waals surface area contributed by atoms with Crippen molar-refractivity contribution in [2.75, 3.05) is 47.0 Å². The predicted octanol–water partition coefficient (Wildman–Crippen LogP) is 3.05. The van der Waals surface area contributed by atoms with E-state index in [4.69, 9.17) is 9.47 Å². The molecule has 1 saturated heterocycles. The molecule has 24 heavy (non-hydrogen) atoms. The molecule has 2 fully saturated rings. The Morgan fingerprint density at radius 2 is 1.83 bits per heavy atom. The molecular weight excluding hydrogens is 302 g/mol. The van der Waals surface area contributed by atoms with Gasteiger partial charge < -0.3 is 19.7 Å². The van der Waals surface area contributed by atoms with Gasteiger partial charge in [0.25, 0.3) is 0 Å². The molecule has 0 aromatic carbocycles. The van der Waals surface area contributed by atoms with Crippen molar-refractivity contribution in [2.24, 2.45) is 10.9 Å². The summed E-state index contributed by atoms with van der Waals surface area (Å²) in [6.07, 6.45) is 12.0. The van der Waals surface area contributed by atoms with Crippen LogP contribution in [0.3, 0.4) is 0 Å². The van der Waals surface area contributed by atoms with Gasteiger partial charge in [0, 0.05) is 47.0 Å². The van der Waals surface area contributed by atoms with E-state index >= 15 is 0 Å². The van der Waals surface area contributed by atoms with Gasteiger partial charge in [0.1, 0.15) is 0 Å². The Morgan fingerprint density at radius 1 is 1.08 bits per heavy atom. The maximum Gasteiger partial charge on any atom is 0.193 e. The molecule has 1 saturated carbocycles. The van der Waals surface area contributed by atoms with Gasteiger partial charge in [-0.25, -0.2) is 0 Å². The van der Waals surface area contributed by atoms with E-state index in [9.17, 15) is 0 Å². The van der Waals surface area contributed by atoms with E-state index < -0.39 is 0 Å². The van der Waals surface area contributed by atoms with Crippen LogP contribution in [-0.2, 0) is 9.47 Å². The summed E-state index contributed by atoms with van der Waals surface area (Å²) in [6, 6.07) is 0. The molecule has 0 radical (unpaired) electrons. The maximum absolute atomic E-state index is 5.94. The molecule has 2 rings (SSSR count). The smallest absolute Gasteiger partial charge is 0.193 e. The normalized spacial score (nSPS) is 20.8. The van der Waals surface area contributed by atoms with E-state index in [2.05, 4.69) is 15.2 Å². The minimum absolute atomic E-state index is 0.401. The van der Waals surface area contributed by atoms with E-state index in [1.807, 2.05) is 7.05 Å².